The quantitative estimate of drug-likeness (QED) is 0.620. The smallest absolute Gasteiger partial charge is 0.0701 e. The van der Waals surface area contributed by atoms with E-state index in [1.807, 2.05) is 0 Å². The summed E-state index contributed by atoms with van der Waals surface area (Å²) in [4.78, 5) is 2.33. The van der Waals surface area contributed by atoms with Gasteiger partial charge in [-0.05, 0) is 46.4 Å². The summed E-state index contributed by atoms with van der Waals surface area (Å²) in [5, 5.41) is 5.61. The number of unbranched alkanes of at least 4 members (excludes halogenated alkanes) is 1. The fourth-order valence-corrected chi connectivity index (χ4v) is 2.91. The van der Waals surface area contributed by atoms with Crippen LogP contribution < -0.4 is 5.32 Å². The summed E-state index contributed by atoms with van der Waals surface area (Å²) in [6.45, 7) is 7.93. The number of nitrogens with zero attached hydrogens (tertiary/aromatic N) is 1. The second kappa shape index (κ2) is 10.8. The maximum absolute atomic E-state index is 5.50. The molecule has 1 aromatic rings. The fraction of sp³-hybridized carbons (Fsp3) is 0.714. The minimum Gasteiger partial charge on any atom is -0.380 e. The Morgan fingerprint density at radius 2 is 2.21 bits per heavy atom. The number of thiophene rings is 1. The van der Waals surface area contributed by atoms with Gasteiger partial charge in [0.2, 0.25) is 0 Å². The van der Waals surface area contributed by atoms with Crippen LogP contribution in [-0.4, -0.2) is 44.8 Å². The topological polar surface area (TPSA) is 24.5 Å². The predicted molar refractivity (Wildman–Crippen MR) is 86.9 cm³/mol. The summed E-state index contributed by atoms with van der Waals surface area (Å²) in [5.41, 5.74) is 1.38. The first-order chi connectivity index (χ1) is 9.22. The molecule has 0 spiro atoms. The largest absolute Gasteiger partial charge is 0.380 e. The van der Waals surface area contributed by atoms with Gasteiger partial charge in [0.15, 0.2) is 0 Å². The van der Waals surface area contributed by atoms with Crippen molar-refractivity contribution in [3.05, 3.63) is 20.8 Å². The molecule has 1 rings (SSSR count). The van der Waals surface area contributed by atoms with Crippen molar-refractivity contribution in [2.45, 2.75) is 26.3 Å². The summed E-state index contributed by atoms with van der Waals surface area (Å²) in [6.07, 6.45) is 2.37. The van der Waals surface area contributed by atoms with E-state index in [-0.39, 0.29) is 0 Å². The number of nitrogens with one attached hydrogen (secondary N) is 1. The van der Waals surface area contributed by atoms with Crippen LogP contribution in [0.5, 0.6) is 0 Å². The Hall–Kier alpha value is 0.0600. The molecule has 0 unspecified atom stereocenters. The second-order valence-corrected chi connectivity index (χ2v) is 7.00. The number of halogens is 1. The van der Waals surface area contributed by atoms with Crippen LogP contribution in [0.15, 0.2) is 15.2 Å². The summed E-state index contributed by atoms with van der Waals surface area (Å²) < 4.78 is 6.71. The van der Waals surface area contributed by atoms with E-state index < -0.39 is 0 Å². The predicted octanol–water partition coefficient (Wildman–Crippen LogP) is 3.35. The Morgan fingerprint density at radius 1 is 1.37 bits per heavy atom. The molecule has 0 aliphatic rings. The van der Waals surface area contributed by atoms with Gasteiger partial charge in [0, 0.05) is 32.8 Å². The molecule has 1 aromatic heterocycles. The van der Waals surface area contributed by atoms with Gasteiger partial charge >= 0.3 is 0 Å². The van der Waals surface area contributed by atoms with Gasteiger partial charge in [0.1, 0.15) is 0 Å². The van der Waals surface area contributed by atoms with Gasteiger partial charge in [-0.15, -0.1) is 11.3 Å². The lowest BCUT2D eigenvalue weighted by Crippen LogP contribution is -2.30. The number of rotatable bonds is 11. The van der Waals surface area contributed by atoms with Gasteiger partial charge in [-0.1, -0.05) is 13.3 Å². The van der Waals surface area contributed by atoms with Crippen molar-refractivity contribution in [3.63, 3.8) is 0 Å². The van der Waals surface area contributed by atoms with Crippen LogP contribution in [0, 0.1) is 0 Å². The van der Waals surface area contributed by atoms with Crippen molar-refractivity contribution in [1.82, 2.24) is 10.2 Å². The maximum Gasteiger partial charge on any atom is 0.0701 e. The molecule has 0 aliphatic carbocycles. The van der Waals surface area contributed by atoms with E-state index in [2.05, 4.69) is 51.6 Å². The van der Waals surface area contributed by atoms with E-state index in [0.717, 1.165) is 39.4 Å². The lowest BCUT2D eigenvalue weighted by Gasteiger charge is -2.16. The standard InChI is InChI=1S/C14H25BrN2OS/c1-3-4-8-18-9-6-16-5-7-17(2)11-13-10-14(15)19-12-13/h10,12,16H,3-9,11H2,1-2H3. The summed E-state index contributed by atoms with van der Waals surface area (Å²) >= 11 is 5.24. The molecule has 0 saturated carbocycles. The molecule has 0 aliphatic heterocycles. The highest BCUT2D eigenvalue weighted by Crippen LogP contribution is 2.21. The Balaban J connectivity index is 1.94. The lowest BCUT2D eigenvalue weighted by atomic mass is 10.3. The Morgan fingerprint density at radius 3 is 2.89 bits per heavy atom. The van der Waals surface area contributed by atoms with Crippen molar-refractivity contribution in [1.29, 1.82) is 0 Å². The third kappa shape index (κ3) is 8.76. The van der Waals surface area contributed by atoms with Crippen LogP contribution in [0.1, 0.15) is 25.3 Å². The molecule has 0 aromatic carbocycles. The van der Waals surface area contributed by atoms with Crippen molar-refractivity contribution < 1.29 is 4.74 Å². The Bertz CT molecular complexity index is 333. The molecule has 0 fully saturated rings. The first kappa shape index (κ1) is 17.1. The zero-order valence-electron chi connectivity index (χ0n) is 12.0. The van der Waals surface area contributed by atoms with Crippen molar-refractivity contribution >= 4 is 27.3 Å². The van der Waals surface area contributed by atoms with Crippen LogP contribution in [0.4, 0.5) is 0 Å². The molecule has 1 N–H and O–H groups in total. The van der Waals surface area contributed by atoms with E-state index in [4.69, 9.17) is 4.74 Å². The molecule has 1 heterocycles. The van der Waals surface area contributed by atoms with Gasteiger partial charge < -0.3 is 15.0 Å². The molecule has 0 amide bonds. The van der Waals surface area contributed by atoms with Crippen molar-refractivity contribution in [3.8, 4) is 0 Å². The van der Waals surface area contributed by atoms with Crippen molar-refractivity contribution in [2.24, 2.45) is 0 Å². The van der Waals surface area contributed by atoms with Gasteiger partial charge in [-0.25, -0.2) is 0 Å². The van der Waals surface area contributed by atoms with Crippen LogP contribution in [0.2, 0.25) is 0 Å². The van der Waals surface area contributed by atoms with Gasteiger partial charge in [-0.2, -0.15) is 0 Å². The first-order valence-corrected chi connectivity index (χ1v) is 8.59. The average Bonchev–Trinajstić information content (AvgIpc) is 2.78. The van der Waals surface area contributed by atoms with Crippen LogP contribution in [0.25, 0.3) is 0 Å². The molecule has 3 nitrogen and oxygen atoms in total. The highest BCUT2D eigenvalue weighted by molar-refractivity contribution is 9.11. The van der Waals surface area contributed by atoms with Gasteiger partial charge in [-0.3, -0.25) is 0 Å². The summed E-state index contributed by atoms with van der Waals surface area (Å²) in [5.74, 6) is 0. The molecule has 0 bridgehead atoms. The van der Waals surface area contributed by atoms with Crippen LogP contribution >= 0.6 is 27.3 Å². The monoisotopic (exact) mass is 348 g/mol. The Kier molecular flexibility index (Phi) is 9.73. The number of hydrogen-bond donors (Lipinski definition) is 1. The molecule has 0 radical (unpaired) electrons. The SMILES string of the molecule is CCCCOCCNCCN(C)Cc1csc(Br)c1. The third-order valence-electron chi connectivity index (χ3n) is 2.81. The molecular weight excluding hydrogens is 324 g/mol. The van der Waals surface area contributed by atoms with E-state index in [1.165, 1.54) is 22.2 Å². The van der Waals surface area contributed by atoms with Gasteiger partial charge in [0.05, 0.1) is 10.4 Å². The first-order valence-electron chi connectivity index (χ1n) is 6.92. The number of ether oxygens (including phenoxy) is 1. The molecule has 110 valence electrons. The Labute approximate surface area is 129 Å². The third-order valence-corrected chi connectivity index (χ3v) is 4.36. The molecular formula is C14H25BrN2OS. The summed E-state index contributed by atoms with van der Waals surface area (Å²) in [7, 11) is 2.16. The molecule has 0 atom stereocenters. The highest BCUT2D eigenvalue weighted by Gasteiger charge is 2.02. The second-order valence-electron chi connectivity index (χ2n) is 4.71. The lowest BCUT2D eigenvalue weighted by molar-refractivity contribution is 0.132. The van der Waals surface area contributed by atoms with Gasteiger partial charge in [0.25, 0.3) is 0 Å². The molecule has 5 heteroatoms. The maximum atomic E-state index is 5.50. The van der Waals surface area contributed by atoms with E-state index in [9.17, 15) is 0 Å². The zero-order chi connectivity index (χ0) is 13.9. The fourth-order valence-electron chi connectivity index (χ4n) is 1.71. The van der Waals surface area contributed by atoms with E-state index in [0.29, 0.717) is 0 Å². The number of likely N-dealkylation sites (N-methyl/N-ethyl adjacent to an activating group) is 1. The highest BCUT2D eigenvalue weighted by atomic mass is 79.9. The minimum atomic E-state index is 0.821. The van der Waals surface area contributed by atoms with Crippen molar-refractivity contribution in [2.75, 3.05) is 39.9 Å². The molecule has 0 saturated heterocycles. The normalized spacial score (nSPS) is 11.4. The zero-order valence-corrected chi connectivity index (χ0v) is 14.4. The van der Waals surface area contributed by atoms with Crippen LogP contribution in [-0.2, 0) is 11.3 Å². The van der Waals surface area contributed by atoms with E-state index in [1.54, 1.807) is 11.3 Å². The summed E-state index contributed by atoms with van der Waals surface area (Å²) in [6, 6.07) is 2.19. The number of hydrogen-bond acceptors (Lipinski definition) is 4. The van der Waals surface area contributed by atoms with E-state index >= 15 is 0 Å². The minimum absolute atomic E-state index is 0.821. The molecule has 19 heavy (non-hydrogen) atoms. The average molecular weight is 349 g/mol. The van der Waals surface area contributed by atoms with Crippen LogP contribution in [0.3, 0.4) is 0 Å².